The van der Waals surface area contributed by atoms with Gasteiger partial charge in [-0.3, -0.25) is 0 Å². The summed E-state index contributed by atoms with van der Waals surface area (Å²) in [6.07, 6.45) is 0. The average Bonchev–Trinajstić information content (AvgIpc) is 3.66. The summed E-state index contributed by atoms with van der Waals surface area (Å²) >= 11 is 1.87. The standard InChI is InChI=1S/C54H39NSSi/c1-6-16-40(17-7-1)42-26-29-44(30-27-42)55(46-33-37-52-51-36-28-43(41-18-8-2-9-19-41)38-53(51)56-54(52)39-46)45-31-34-50(35-32-45)57(47-20-10-3-11-21-47,48-22-12-4-13-23-48)49-24-14-5-15-25-49/h1-39H. The second-order valence-corrected chi connectivity index (χ2v) is 19.4. The predicted octanol–water partition coefficient (Wildman–Crippen LogP) is 12.2. The van der Waals surface area contributed by atoms with Crippen LogP contribution in [0.15, 0.2) is 237 Å². The fraction of sp³-hybridized carbons (Fsp3) is 0. The van der Waals surface area contributed by atoms with Gasteiger partial charge in [0.2, 0.25) is 0 Å². The van der Waals surface area contributed by atoms with Gasteiger partial charge in [-0.25, -0.2) is 0 Å². The van der Waals surface area contributed by atoms with Crippen molar-refractivity contribution in [2.45, 2.75) is 0 Å². The number of thiophene rings is 1. The number of nitrogens with zero attached hydrogens (tertiary/aromatic N) is 1. The second kappa shape index (κ2) is 15.0. The lowest BCUT2D eigenvalue weighted by Crippen LogP contribution is -2.74. The predicted molar refractivity (Wildman–Crippen MR) is 249 cm³/mol. The van der Waals surface area contributed by atoms with E-state index in [-0.39, 0.29) is 0 Å². The number of hydrogen-bond acceptors (Lipinski definition) is 2. The molecule has 0 aliphatic heterocycles. The maximum atomic E-state index is 2.41. The van der Waals surface area contributed by atoms with Crippen molar-refractivity contribution >= 4 is 77.4 Å². The summed E-state index contributed by atoms with van der Waals surface area (Å²) < 4.78 is 2.58. The minimum atomic E-state index is -2.66. The Hall–Kier alpha value is -6.78. The van der Waals surface area contributed by atoms with E-state index >= 15 is 0 Å². The quantitative estimate of drug-likeness (QED) is 0.105. The highest BCUT2D eigenvalue weighted by Crippen LogP contribution is 2.42. The van der Waals surface area contributed by atoms with Crippen molar-refractivity contribution in [2.24, 2.45) is 0 Å². The second-order valence-electron chi connectivity index (χ2n) is 14.5. The van der Waals surface area contributed by atoms with E-state index in [0.29, 0.717) is 0 Å². The molecule has 0 atom stereocenters. The van der Waals surface area contributed by atoms with Crippen LogP contribution in [0.1, 0.15) is 0 Å². The molecular formula is C54H39NSSi. The molecule has 0 amide bonds. The molecule has 0 bridgehead atoms. The first-order chi connectivity index (χ1) is 28.3. The normalized spacial score (nSPS) is 11.5. The van der Waals surface area contributed by atoms with Crippen LogP contribution in [0, 0.1) is 0 Å². The zero-order valence-corrected chi connectivity index (χ0v) is 33.2. The van der Waals surface area contributed by atoms with Gasteiger partial charge >= 0.3 is 0 Å². The number of anilines is 3. The number of hydrogen-bond donors (Lipinski definition) is 0. The molecule has 0 aliphatic carbocycles. The lowest BCUT2D eigenvalue weighted by atomic mass is 10.0. The largest absolute Gasteiger partial charge is 0.310 e. The topological polar surface area (TPSA) is 3.24 Å². The Morgan fingerprint density at radius 3 is 1.14 bits per heavy atom. The summed E-state index contributed by atoms with van der Waals surface area (Å²) in [5, 5.41) is 8.05. The van der Waals surface area contributed by atoms with E-state index in [1.54, 1.807) is 0 Å². The van der Waals surface area contributed by atoms with Crippen LogP contribution in [0.25, 0.3) is 42.4 Å². The summed E-state index contributed by atoms with van der Waals surface area (Å²) in [6, 6.07) is 87.0. The summed E-state index contributed by atoms with van der Waals surface area (Å²) in [5.74, 6) is 0. The summed E-state index contributed by atoms with van der Waals surface area (Å²) in [5.41, 5.74) is 8.28. The van der Waals surface area contributed by atoms with E-state index in [0.717, 1.165) is 17.1 Å². The van der Waals surface area contributed by atoms with Crippen LogP contribution in [0.2, 0.25) is 0 Å². The van der Waals surface area contributed by atoms with E-state index < -0.39 is 8.07 Å². The molecule has 0 radical (unpaired) electrons. The van der Waals surface area contributed by atoms with Crippen LogP contribution in [0.5, 0.6) is 0 Å². The Morgan fingerprint density at radius 2 is 0.632 bits per heavy atom. The number of rotatable bonds is 9. The Labute approximate surface area is 339 Å². The fourth-order valence-electron chi connectivity index (χ4n) is 8.52. The van der Waals surface area contributed by atoms with Crippen LogP contribution >= 0.6 is 11.3 Å². The molecule has 0 saturated heterocycles. The third-order valence-corrected chi connectivity index (χ3v) is 17.1. The van der Waals surface area contributed by atoms with Gasteiger partial charge in [-0.2, -0.15) is 0 Å². The Bertz CT molecular complexity index is 2810. The first-order valence-electron chi connectivity index (χ1n) is 19.5. The zero-order chi connectivity index (χ0) is 38.0. The van der Waals surface area contributed by atoms with Gasteiger partial charge in [-0.15, -0.1) is 11.3 Å². The van der Waals surface area contributed by atoms with Crippen molar-refractivity contribution in [1.82, 2.24) is 0 Å². The third kappa shape index (κ3) is 6.37. The van der Waals surface area contributed by atoms with E-state index in [4.69, 9.17) is 0 Å². The minimum Gasteiger partial charge on any atom is -0.310 e. The highest BCUT2D eigenvalue weighted by molar-refractivity contribution is 7.26. The van der Waals surface area contributed by atoms with Crippen LogP contribution in [-0.2, 0) is 0 Å². The molecule has 0 spiro atoms. The summed E-state index contributed by atoms with van der Waals surface area (Å²) in [4.78, 5) is 2.41. The van der Waals surface area contributed by atoms with E-state index in [2.05, 4.69) is 241 Å². The van der Waals surface area contributed by atoms with Crippen molar-refractivity contribution in [1.29, 1.82) is 0 Å². The molecule has 57 heavy (non-hydrogen) atoms. The molecule has 1 nitrogen and oxygen atoms in total. The van der Waals surface area contributed by atoms with Crippen molar-refractivity contribution in [3.8, 4) is 22.3 Å². The van der Waals surface area contributed by atoms with Gasteiger partial charge < -0.3 is 4.90 Å². The van der Waals surface area contributed by atoms with Crippen LogP contribution in [0.3, 0.4) is 0 Å². The molecule has 0 fully saturated rings. The van der Waals surface area contributed by atoms with E-state index in [1.165, 1.54) is 63.2 Å². The lowest BCUT2D eigenvalue weighted by molar-refractivity contribution is 1.29. The lowest BCUT2D eigenvalue weighted by Gasteiger charge is -2.35. The molecule has 10 rings (SSSR count). The van der Waals surface area contributed by atoms with Gasteiger partial charge in [0.25, 0.3) is 0 Å². The maximum absolute atomic E-state index is 2.66. The molecule has 0 saturated carbocycles. The SMILES string of the molecule is c1ccc(-c2ccc(N(c3ccc([Si](c4ccccc4)(c4ccccc4)c4ccccc4)cc3)c3ccc4c(c3)sc3cc(-c5ccccc5)ccc34)cc2)cc1. The Kier molecular flexibility index (Phi) is 9.15. The van der Waals surface area contributed by atoms with Gasteiger partial charge in [0.05, 0.1) is 0 Å². The molecule has 0 unspecified atom stereocenters. The zero-order valence-electron chi connectivity index (χ0n) is 31.4. The highest BCUT2D eigenvalue weighted by Gasteiger charge is 2.41. The Balaban J connectivity index is 1.12. The van der Waals surface area contributed by atoms with Gasteiger partial charge in [0.1, 0.15) is 0 Å². The van der Waals surface area contributed by atoms with Crippen molar-refractivity contribution in [2.75, 3.05) is 4.90 Å². The molecule has 9 aromatic carbocycles. The molecule has 1 heterocycles. The molecule has 3 heteroatoms. The summed E-state index contributed by atoms with van der Waals surface area (Å²) in [7, 11) is -2.66. The molecular weight excluding hydrogens is 723 g/mol. The average molecular weight is 762 g/mol. The van der Waals surface area contributed by atoms with Gasteiger partial charge in [-0.05, 0) is 85.5 Å². The molecule has 0 aliphatic rings. The maximum Gasteiger partial charge on any atom is 0.179 e. The molecule has 1 aromatic heterocycles. The highest BCUT2D eigenvalue weighted by atomic mass is 32.1. The Morgan fingerprint density at radius 1 is 0.281 bits per heavy atom. The van der Waals surface area contributed by atoms with E-state index in [1.807, 2.05) is 11.3 Å². The molecule has 270 valence electrons. The minimum absolute atomic E-state index is 1.12. The van der Waals surface area contributed by atoms with Crippen LogP contribution in [-0.4, -0.2) is 8.07 Å². The third-order valence-electron chi connectivity index (χ3n) is 11.2. The molecule has 0 N–H and O–H groups in total. The fourth-order valence-corrected chi connectivity index (χ4v) is 14.4. The summed E-state index contributed by atoms with van der Waals surface area (Å²) in [6.45, 7) is 0. The van der Waals surface area contributed by atoms with Gasteiger partial charge in [0.15, 0.2) is 8.07 Å². The van der Waals surface area contributed by atoms with Crippen molar-refractivity contribution in [3.63, 3.8) is 0 Å². The smallest absolute Gasteiger partial charge is 0.179 e. The number of benzene rings is 9. The van der Waals surface area contributed by atoms with Gasteiger partial charge in [0, 0.05) is 37.2 Å². The number of fused-ring (bicyclic) bond motifs is 3. The van der Waals surface area contributed by atoms with Crippen LogP contribution in [0.4, 0.5) is 17.1 Å². The first kappa shape index (κ1) is 34.7. The van der Waals surface area contributed by atoms with E-state index in [9.17, 15) is 0 Å². The van der Waals surface area contributed by atoms with Gasteiger partial charge in [-0.1, -0.05) is 194 Å². The monoisotopic (exact) mass is 761 g/mol. The van der Waals surface area contributed by atoms with Crippen molar-refractivity contribution < 1.29 is 0 Å². The van der Waals surface area contributed by atoms with Crippen molar-refractivity contribution in [3.05, 3.63) is 237 Å². The van der Waals surface area contributed by atoms with Crippen LogP contribution < -0.4 is 25.6 Å². The molecule has 10 aromatic rings. The first-order valence-corrected chi connectivity index (χ1v) is 22.3.